The third-order valence-corrected chi connectivity index (χ3v) is 4.10. The van der Waals surface area contributed by atoms with Crippen LogP contribution in [0.5, 0.6) is 0 Å². The first-order chi connectivity index (χ1) is 7.00. The van der Waals surface area contributed by atoms with Crippen LogP contribution in [-0.4, -0.2) is 35.7 Å². The molecule has 0 aliphatic carbocycles. The van der Waals surface area contributed by atoms with Gasteiger partial charge in [0.2, 0.25) is 0 Å². The first-order valence-electron chi connectivity index (χ1n) is 6.35. The van der Waals surface area contributed by atoms with Crippen molar-refractivity contribution in [2.75, 3.05) is 19.7 Å². The molecule has 1 fully saturated rings. The van der Waals surface area contributed by atoms with Gasteiger partial charge in [-0.15, -0.1) is 0 Å². The lowest BCUT2D eigenvalue weighted by Gasteiger charge is -2.41. The summed E-state index contributed by atoms with van der Waals surface area (Å²) in [5, 5.41) is 9.43. The smallest absolute Gasteiger partial charge is 0.0496 e. The van der Waals surface area contributed by atoms with Crippen LogP contribution in [0.3, 0.4) is 0 Å². The Hall–Kier alpha value is -0.0800. The number of aliphatic hydroxyl groups excluding tert-OH is 1. The van der Waals surface area contributed by atoms with Gasteiger partial charge in [0, 0.05) is 24.6 Å². The molecule has 3 atom stereocenters. The molecule has 1 aliphatic heterocycles. The highest BCUT2D eigenvalue weighted by Crippen LogP contribution is 2.28. The van der Waals surface area contributed by atoms with Gasteiger partial charge in [-0.3, -0.25) is 0 Å². The molecule has 0 aromatic rings. The summed E-state index contributed by atoms with van der Waals surface area (Å²) in [6.07, 6.45) is 3.68. The molecule has 1 aliphatic rings. The number of aliphatic hydroxyl groups is 1. The van der Waals surface area contributed by atoms with E-state index >= 15 is 0 Å². The lowest BCUT2D eigenvalue weighted by atomic mass is 9.85. The van der Waals surface area contributed by atoms with E-state index in [4.69, 9.17) is 0 Å². The van der Waals surface area contributed by atoms with Crippen molar-refractivity contribution in [2.24, 2.45) is 11.3 Å². The summed E-state index contributed by atoms with van der Waals surface area (Å²) in [6.45, 7) is 11.6. The summed E-state index contributed by atoms with van der Waals surface area (Å²) in [5.74, 6) is 0.873. The Labute approximate surface area is 94.7 Å². The fraction of sp³-hybridized carbons (Fsp3) is 1.00. The minimum atomic E-state index is 0.0921. The Balaban J connectivity index is 2.50. The normalized spacial score (nSPS) is 32.6. The molecule has 15 heavy (non-hydrogen) atoms. The van der Waals surface area contributed by atoms with E-state index in [9.17, 15) is 5.11 Å². The fourth-order valence-corrected chi connectivity index (χ4v) is 2.45. The number of likely N-dealkylation sites (tertiary alicyclic amines) is 1. The Morgan fingerprint density at radius 2 is 2.07 bits per heavy atom. The number of rotatable bonds is 4. The molecule has 1 N–H and O–H groups in total. The highest BCUT2D eigenvalue weighted by Gasteiger charge is 2.29. The minimum Gasteiger partial charge on any atom is -0.396 e. The molecule has 0 spiro atoms. The van der Waals surface area contributed by atoms with E-state index in [0.29, 0.717) is 12.6 Å². The van der Waals surface area contributed by atoms with Gasteiger partial charge in [-0.2, -0.15) is 0 Å². The molecule has 0 aromatic carbocycles. The first-order valence-corrected chi connectivity index (χ1v) is 6.35. The van der Waals surface area contributed by atoms with E-state index in [-0.39, 0.29) is 5.41 Å². The molecule has 1 heterocycles. The third-order valence-electron chi connectivity index (χ3n) is 4.10. The highest BCUT2D eigenvalue weighted by molar-refractivity contribution is 4.83. The van der Waals surface area contributed by atoms with Gasteiger partial charge in [0.05, 0.1) is 0 Å². The number of nitrogens with zero attached hydrogens (tertiary/aromatic N) is 1. The van der Waals surface area contributed by atoms with Crippen LogP contribution in [0.2, 0.25) is 0 Å². The van der Waals surface area contributed by atoms with Crippen molar-refractivity contribution >= 4 is 0 Å². The maximum Gasteiger partial charge on any atom is 0.0496 e. The molecule has 0 saturated carbocycles. The maximum absolute atomic E-state index is 9.43. The van der Waals surface area contributed by atoms with Crippen LogP contribution >= 0.6 is 0 Å². The summed E-state index contributed by atoms with van der Waals surface area (Å²) < 4.78 is 0. The summed E-state index contributed by atoms with van der Waals surface area (Å²) >= 11 is 0. The van der Waals surface area contributed by atoms with Gasteiger partial charge in [-0.05, 0) is 38.6 Å². The molecule has 0 bridgehead atoms. The van der Waals surface area contributed by atoms with Crippen molar-refractivity contribution in [2.45, 2.75) is 53.0 Å². The van der Waals surface area contributed by atoms with E-state index in [1.165, 1.54) is 19.4 Å². The Kier molecular flexibility index (Phi) is 4.60. The number of hydrogen-bond acceptors (Lipinski definition) is 2. The van der Waals surface area contributed by atoms with Crippen LogP contribution in [0.1, 0.15) is 47.0 Å². The van der Waals surface area contributed by atoms with Crippen LogP contribution in [-0.2, 0) is 0 Å². The monoisotopic (exact) mass is 213 g/mol. The minimum absolute atomic E-state index is 0.0921. The summed E-state index contributed by atoms with van der Waals surface area (Å²) in [4.78, 5) is 2.56. The van der Waals surface area contributed by atoms with Crippen LogP contribution in [0.15, 0.2) is 0 Å². The average molecular weight is 213 g/mol. The number of piperidine rings is 1. The van der Waals surface area contributed by atoms with Crippen LogP contribution < -0.4 is 0 Å². The summed E-state index contributed by atoms with van der Waals surface area (Å²) in [5.41, 5.74) is 0.0921. The summed E-state index contributed by atoms with van der Waals surface area (Å²) in [6, 6.07) is 0.686. The molecule has 90 valence electrons. The fourth-order valence-electron chi connectivity index (χ4n) is 2.45. The van der Waals surface area contributed by atoms with Crippen molar-refractivity contribution in [3.8, 4) is 0 Å². The second-order valence-electron chi connectivity index (χ2n) is 5.77. The van der Waals surface area contributed by atoms with E-state index in [1.54, 1.807) is 0 Å². The second-order valence-corrected chi connectivity index (χ2v) is 5.77. The zero-order chi connectivity index (χ0) is 11.5. The Bertz CT molecular complexity index is 189. The maximum atomic E-state index is 9.43. The molecular formula is C13H27NO. The zero-order valence-corrected chi connectivity index (χ0v) is 10.8. The molecule has 3 unspecified atom stereocenters. The molecule has 0 aromatic heterocycles. The van der Waals surface area contributed by atoms with Gasteiger partial charge in [0.1, 0.15) is 0 Å². The van der Waals surface area contributed by atoms with Gasteiger partial charge < -0.3 is 10.0 Å². The van der Waals surface area contributed by atoms with Crippen molar-refractivity contribution in [1.82, 2.24) is 4.90 Å². The highest BCUT2D eigenvalue weighted by atomic mass is 16.3. The average Bonchev–Trinajstić information content (AvgIpc) is 2.22. The molecular weight excluding hydrogens is 186 g/mol. The van der Waals surface area contributed by atoms with Crippen LogP contribution in [0.25, 0.3) is 0 Å². The van der Waals surface area contributed by atoms with E-state index < -0.39 is 0 Å². The number of hydrogen-bond donors (Lipinski definition) is 1. The summed E-state index contributed by atoms with van der Waals surface area (Å²) in [7, 11) is 0. The van der Waals surface area contributed by atoms with Gasteiger partial charge >= 0.3 is 0 Å². The zero-order valence-electron chi connectivity index (χ0n) is 10.8. The largest absolute Gasteiger partial charge is 0.396 e. The van der Waals surface area contributed by atoms with Gasteiger partial charge in [-0.1, -0.05) is 20.8 Å². The molecule has 1 rings (SSSR count). The van der Waals surface area contributed by atoms with Crippen LogP contribution in [0, 0.1) is 11.3 Å². The van der Waals surface area contributed by atoms with Gasteiger partial charge in [0.15, 0.2) is 0 Å². The quantitative estimate of drug-likeness (QED) is 0.775. The Morgan fingerprint density at radius 3 is 2.53 bits per heavy atom. The van der Waals surface area contributed by atoms with Crippen molar-refractivity contribution in [3.63, 3.8) is 0 Å². The van der Waals surface area contributed by atoms with E-state index in [0.717, 1.165) is 18.9 Å². The molecule has 2 heteroatoms. The second kappa shape index (κ2) is 5.31. The topological polar surface area (TPSA) is 23.5 Å². The predicted molar refractivity (Wildman–Crippen MR) is 64.9 cm³/mol. The first kappa shape index (κ1) is 13.0. The molecule has 1 saturated heterocycles. The lowest BCUT2D eigenvalue weighted by Crippen LogP contribution is -2.46. The van der Waals surface area contributed by atoms with Crippen molar-refractivity contribution in [3.05, 3.63) is 0 Å². The molecule has 2 nitrogen and oxygen atoms in total. The SMILES string of the molecule is CCC(C)(CO)CN1CCC(C)CC1C. The van der Waals surface area contributed by atoms with Crippen LogP contribution in [0.4, 0.5) is 0 Å². The third kappa shape index (κ3) is 3.46. The lowest BCUT2D eigenvalue weighted by molar-refractivity contribution is 0.0417. The predicted octanol–water partition coefficient (Wildman–Crippen LogP) is 2.52. The van der Waals surface area contributed by atoms with Crippen molar-refractivity contribution in [1.29, 1.82) is 0 Å². The van der Waals surface area contributed by atoms with Gasteiger partial charge in [-0.25, -0.2) is 0 Å². The molecule has 0 radical (unpaired) electrons. The van der Waals surface area contributed by atoms with Crippen molar-refractivity contribution < 1.29 is 5.11 Å². The van der Waals surface area contributed by atoms with Gasteiger partial charge in [0.25, 0.3) is 0 Å². The van der Waals surface area contributed by atoms with E-state index in [1.807, 2.05) is 0 Å². The Morgan fingerprint density at radius 1 is 1.40 bits per heavy atom. The standard InChI is InChI=1S/C13H27NO/c1-5-13(4,10-15)9-14-7-6-11(2)8-12(14)3/h11-12,15H,5-10H2,1-4H3. The molecule has 0 amide bonds. The van der Waals surface area contributed by atoms with E-state index in [2.05, 4.69) is 32.6 Å².